The Balaban J connectivity index is 1.65. The van der Waals surface area contributed by atoms with E-state index in [0.29, 0.717) is 6.42 Å². The third kappa shape index (κ3) is 4.00. The Labute approximate surface area is 171 Å². The summed E-state index contributed by atoms with van der Waals surface area (Å²) in [6.45, 7) is 2.49. The minimum absolute atomic E-state index is 0.0633. The Morgan fingerprint density at radius 3 is 2.31 bits per heavy atom. The number of benzene rings is 3. The van der Waals surface area contributed by atoms with Crippen LogP contribution >= 0.6 is 0 Å². The first-order valence-electron chi connectivity index (χ1n) is 10.2. The molecule has 3 heteroatoms. The molecule has 0 amide bonds. The summed E-state index contributed by atoms with van der Waals surface area (Å²) in [5.41, 5.74) is 2.58. The highest BCUT2D eigenvalue weighted by Crippen LogP contribution is 2.27. The highest BCUT2D eigenvalue weighted by Gasteiger charge is 2.18. The van der Waals surface area contributed by atoms with Gasteiger partial charge in [0.15, 0.2) is 5.78 Å². The van der Waals surface area contributed by atoms with E-state index >= 15 is 0 Å². The van der Waals surface area contributed by atoms with Crippen LogP contribution in [0.5, 0.6) is 0 Å². The number of aryl methyl sites for hydroxylation is 1. The van der Waals surface area contributed by atoms with Crippen LogP contribution in [0.25, 0.3) is 21.7 Å². The van der Waals surface area contributed by atoms with E-state index < -0.39 is 0 Å². The molecule has 4 rings (SSSR count). The molecule has 0 N–H and O–H groups in total. The van der Waals surface area contributed by atoms with Crippen LogP contribution < -0.4 is 0 Å². The van der Waals surface area contributed by atoms with Crippen LogP contribution in [0.2, 0.25) is 0 Å². The molecule has 0 atom stereocenters. The fraction of sp³-hybridized carbons (Fsp3) is 0.231. The normalized spacial score (nSPS) is 11.2. The minimum atomic E-state index is 0.0633. The van der Waals surface area contributed by atoms with E-state index in [9.17, 15) is 9.59 Å². The molecule has 29 heavy (non-hydrogen) atoms. The van der Waals surface area contributed by atoms with Crippen molar-refractivity contribution in [3.05, 3.63) is 84.1 Å². The number of carbonyl (C=O) groups is 2. The van der Waals surface area contributed by atoms with Crippen LogP contribution in [0.1, 0.15) is 48.5 Å². The van der Waals surface area contributed by atoms with E-state index in [1.807, 2.05) is 66.9 Å². The Morgan fingerprint density at radius 2 is 1.48 bits per heavy atom. The van der Waals surface area contributed by atoms with E-state index in [2.05, 4.69) is 10.6 Å². The predicted molar refractivity (Wildman–Crippen MR) is 118 cm³/mol. The lowest BCUT2D eigenvalue weighted by atomic mass is 9.97. The number of nitrogens with zero attached hydrogens (tertiary/aromatic N) is 1. The van der Waals surface area contributed by atoms with Gasteiger partial charge in [-0.2, -0.15) is 0 Å². The van der Waals surface area contributed by atoms with Crippen molar-refractivity contribution in [2.24, 2.45) is 0 Å². The number of unbranched alkanes of at least 4 members (excludes halogenated alkanes) is 2. The average Bonchev–Trinajstić information content (AvgIpc) is 3.11. The molecule has 0 radical (unpaired) electrons. The summed E-state index contributed by atoms with van der Waals surface area (Å²) in [5.74, 6) is 0.313. The molecule has 0 aliphatic carbocycles. The van der Waals surface area contributed by atoms with Gasteiger partial charge in [0.05, 0.1) is 0 Å². The highest BCUT2D eigenvalue weighted by molar-refractivity contribution is 6.21. The summed E-state index contributed by atoms with van der Waals surface area (Å²) in [6.07, 6.45) is 5.58. The first-order valence-corrected chi connectivity index (χ1v) is 10.2. The van der Waals surface area contributed by atoms with Gasteiger partial charge < -0.3 is 9.36 Å². The second-order valence-corrected chi connectivity index (χ2v) is 7.62. The lowest BCUT2D eigenvalue weighted by molar-refractivity contribution is -0.117. The molecular formula is C26H25NO2. The van der Waals surface area contributed by atoms with Crippen molar-refractivity contribution in [1.82, 2.24) is 4.57 Å². The maximum absolute atomic E-state index is 13.5. The van der Waals surface area contributed by atoms with Crippen molar-refractivity contribution < 1.29 is 9.59 Å². The Morgan fingerprint density at radius 1 is 0.759 bits per heavy atom. The number of para-hydroxylation sites is 1. The van der Waals surface area contributed by atoms with Gasteiger partial charge in [-0.05, 0) is 36.6 Å². The number of aromatic nitrogens is 1. The molecule has 0 saturated carbocycles. The summed E-state index contributed by atoms with van der Waals surface area (Å²) in [5, 5.41) is 3.06. The number of Topliss-reactive ketones (excluding diaryl/α,β-unsaturated/α-hetero) is 1. The quantitative estimate of drug-likeness (QED) is 0.269. The summed E-state index contributed by atoms with van der Waals surface area (Å²) in [6, 6.07) is 22.0. The molecule has 1 heterocycles. The molecule has 0 saturated heterocycles. The number of rotatable bonds is 8. The van der Waals surface area contributed by atoms with E-state index in [0.717, 1.165) is 58.6 Å². The van der Waals surface area contributed by atoms with Crippen molar-refractivity contribution in [3.63, 3.8) is 0 Å². The first kappa shape index (κ1) is 19.1. The third-order valence-electron chi connectivity index (χ3n) is 5.50. The molecule has 146 valence electrons. The number of carbonyl (C=O) groups excluding carboxylic acids is 2. The van der Waals surface area contributed by atoms with Crippen LogP contribution in [-0.2, 0) is 11.3 Å². The van der Waals surface area contributed by atoms with Crippen LogP contribution in [0.3, 0.4) is 0 Å². The molecule has 0 aliphatic rings. The molecule has 0 spiro atoms. The van der Waals surface area contributed by atoms with E-state index in [-0.39, 0.29) is 11.6 Å². The van der Waals surface area contributed by atoms with Crippen molar-refractivity contribution in [2.45, 2.75) is 39.2 Å². The van der Waals surface area contributed by atoms with Crippen molar-refractivity contribution in [3.8, 4) is 0 Å². The van der Waals surface area contributed by atoms with Crippen molar-refractivity contribution >= 4 is 33.2 Å². The largest absolute Gasteiger partial charge is 0.347 e. The van der Waals surface area contributed by atoms with Gasteiger partial charge in [-0.25, -0.2) is 0 Å². The SMILES string of the molecule is CC(=O)CCCCCn1cc(C(=O)c2cccc3ccccc23)c2ccccc21. The second-order valence-electron chi connectivity index (χ2n) is 7.62. The molecule has 3 aromatic carbocycles. The van der Waals surface area contributed by atoms with Gasteiger partial charge in [-0.1, -0.05) is 67.1 Å². The predicted octanol–water partition coefficient (Wildman–Crippen LogP) is 6.17. The summed E-state index contributed by atoms with van der Waals surface area (Å²) >= 11 is 0. The highest BCUT2D eigenvalue weighted by atomic mass is 16.1. The topological polar surface area (TPSA) is 39.1 Å². The zero-order valence-electron chi connectivity index (χ0n) is 16.7. The number of ketones is 2. The van der Waals surface area contributed by atoms with Crippen molar-refractivity contribution in [2.75, 3.05) is 0 Å². The van der Waals surface area contributed by atoms with Gasteiger partial charge in [0.2, 0.25) is 0 Å². The van der Waals surface area contributed by atoms with E-state index in [1.54, 1.807) is 6.92 Å². The number of hydrogen-bond donors (Lipinski definition) is 0. The van der Waals surface area contributed by atoms with Crippen LogP contribution in [-0.4, -0.2) is 16.1 Å². The summed E-state index contributed by atoms with van der Waals surface area (Å²) < 4.78 is 2.18. The van der Waals surface area contributed by atoms with E-state index in [1.165, 1.54) is 0 Å². The standard InChI is InChI=1S/C26H25NO2/c1-19(28)10-3-2-8-17-27-18-24(22-14-6-7-16-25(22)27)26(29)23-15-9-12-20-11-4-5-13-21(20)23/h4-7,9,11-16,18H,2-3,8,10,17H2,1H3. The van der Waals surface area contributed by atoms with Crippen molar-refractivity contribution in [1.29, 1.82) is 0 Å². The van der Waals surface area contributed by atoms with Gasteiger partial charge >= 0.3 is 0 Å². The molecule has 0 fully saturated rings. The zero-order valence-corrected chi connectivity index (χ0v) is 16.7. The van der Waals surface area contributed by atoms with Gasteiger partial charge in [-0.15, -0.1) is 0 Å². The van der Waals surface area contributed by atoms with Gasteiger partial charge in [-0.3, -0.25) is 4.79 Å². The molecule has 3 nitrogen and oxygen atoms in total. The van der Waals surface area contributed by atoms with Gasteiger partial charge in [0, 0.05) is 41.2 Å². The lowest BCUT2D eigenvalue weighted by Gasteiger charge is -2.05. The lowest BCUT2D eigenvalue weighted by Crippen LogP contribution is -2.02. The molecule has 0 aliphatic heterocycles. The third-order valence-corrected chi connectivity index (χ3v) is 5.50. The molecule has 4 aromatic rings. The Kier molecular flexibility index (Phi) is 5.57. The van der Waals surface area contributed by atoms with Gasteiger partial charge in [0.1, 0.15) is 5.78 Å². The number of hydrogen-bond acceptors (Lipinski definition) is 2. The second kappa shape index (κ2) is 8.44. The van der Waals surface area contributed by atoms with Crippen LogP contribution in [0, 0.1) is 0 Å². The smallest absolute Gasteiger partial charge is 0.195 e. The fourth-order valence-electron chi connectivity index (χ4n) is 4.01. The van der Waals surface area contributed by atoms with Crippen LogP contribution in [0.15, 0.2) is 72.9 Å². The van der Waals surface area contributed by atoms with Crippen LogP contribution in [0.4, 0.5) is 0 Å². The Hall–Kier alpha value is -3.20. The van der Waals surface area contributed by atoms with Gasteiger partial charge in [0.25, 0.3) is 0 Å². The maximum Gasteiger partial charge on any atom is 0.195 e. The monoisotopic (exact) mass is 383 g/mol. The number of fused-ring (bicyclic) bond motifs is 2. The molecule has 1 aromatic heterocycles. The minimum Gasteiger partial charge on any atom is -0.347 e. The maximum atomic E-state index is 13.5. The molecule has 0 unspecified atom stereocenters. The molecular weight excluding hydrogens is 358 g/mol. The average molecular weight is 383 g/mol. The summed E-state index contributed by atoms with van der Waals surface area (Å²) in [7, 11) is 0. The fourth-order valence-corrected chi connectivity index (χ4v) is 4.01. The Bertz CT molecular complexity index is 1180. The summed E-state index contributed by atoms with van der Waals surface area (Å²) in [4.78, 5) is 24.6. The first-order chi connectivity index (χ1) is 14.1. The van der Waals surface area contributed by atoms with E-state index in [4.69, 9.17) is 0 Å². The zero-order chi connectivity index (χ0) is 20.2. The molecule has 0 bridgehead atoms.